The molecule has 0 unspecified atom stereocenters. The molecule has 5 nitrogen and oxygen atoms in total. The largest absolute Gasteiger partial charge is 0.508 e. The molecular weight excluding hydrogens is 364 g/mol. The van der Waals surface area contributed by atoms with Crippen molar-refractivity contribution in [3.8, 4) is 5.75 Å². The Morgan fingerprint density at radius 1 is 0.897 bits per heavy atom. The molecule has 0 fully saturated rings. The summed E-state index contributed by atoms with van der Waals surface area (Å²) in [4.78, 5) is 21.0. The molecule has 0 saturated heterocycles. The van der Waals surface area contributed by atoms with Gasteiger partial charge in [0, 0.05) is 17.2 Å². The highest BCUT2D eigenvalue weighted by atomic mass is 16.3. The summed E-state index contributed by atoms with van der Waals surface area (Å²) >= 11 is 0. The summed E-state index contributed by atoms with van der Waals surface area (Å²) < 4.78 is 0. The molecule has 3 N–H and O–H groups in total. The van der Waals surface area contributed by atoms with E-state index in [1.54, 1.807) is 30.3 Å². The second kappa shape index (κ2) is 7.28. The van der Waals surface area contributed by atoms with Crippen LogP contribution in [0.4, 0.5) is 0 Å². The number of benzene rings is 3. The lowest BCUT2D eigenvalue weighted by Crippen LogP contribution is -2.08. The lowest BCUT2D eigenvalue weighted by Gasteiger charge is -2.10. The third-order valence-electron chi connectivity index (χ3n) is 4.74. The van der Waals surface area contributed by atoms with E-state index >= 15 is 0 Å². The lowest BCUT2D eigenvalue weighted by molar-refractivity contribution is 0.105. The molecule has 0 aliphatic heterocycles. The third kappa shape index (κ3) is 3.62. The van der Waals surface area contributed by atoms with Gasteiger partial charge < -0.3 is 15.2 Å². The molecule has 4 aromatic rings. The lowest BCUT2D eigenvalue weighted by atomic mass is 9.97. The number of aromatic hydroxyl groups is 1. The van der Waals surface area contributed by atoms with E-state index in [9.17, 15) is 15.0 Å². The second-order valence-corrected chi connectivity index (χ2v) is 7.08. The number of aryl methyl sites for hydroxylation is 2. The number of aliphatic hydroxyl groups excluding tert-OH is 1. The molecule has 3 aromatic carbocycles. The van der Waals surface area contributed by atoms with Crippen LogP contribution in [-0.2, 0) is 0 Å². The average Bonchev–Trinajstić information content (AvgIpc) is 3.10. The van der Waals surface area contributed by atoms with Crippen molar-refractivity contribution in [3.05, 3.63) is 94.8 Å². The van der Waals surface area contributed by atoms with Gasteiger partial charge in [0.1, 0.15) is 22.9 Å². The van der Waals surface area contributed by atoms with Gasteiger partial charge >= 0.3 is 0 Å². The van der Waals surface area contributed by atoms with Crippen molar-refractivity contribution in [1.29, 1.82) is 0 Å². The molecule has 0 saturated carbocycles. The summed E-state index contributed by atoms with van der Waals surface area (Å²) in [5.74, 6) is -0.151. The van der Waals surface area contributed by atoms with E-state index in [4.69, 9.17) is 0 Å². The number of hydrogen-bond donors (Lipinski definition) is 3. The number of aromatic amines is 1. The maximum absolute atomic E-state index is 13.4. The summed E-state index contributed by atoms with van der Waals surface area (Å²) in [5.41, 5.74) is 4.14. The minimum absolute atomic E-state index is 0.0805. The Labute approximate surface area is 168 Å². The zero-order valence-corrected chi connectivity index (χ0v) is 16.1. The number of nitrogens with one attached hydrogen (secondary N) is 1. The number of allylic oxidation sites excluding steroid dienone is 1. The molecule has 0 atom stereocenters. The van der Waals surface area contributed by atoms with Gasteiger partial charge in [0.15, 0.2) is 0 Å². The Bertz CT molecular complexity index is 1270. The second-order valence-electron chi connectivity index (χ2n) is 7.08. The third-order valence-corrected chi connectivity index (χ3v) is 4.74. The summed E-state index contributed by atoms with van der Waals surface area (Å²) in [7, 11) is 0. The zero-order valence-electron chi connectivity index (χ0n) is 16.1. The fourth-order valence-electron chi connectivity index (χ4n) is 3.31. The number of imidazole rings is 1. The van der Waals surface area contributed by atoms with Crippen LogP contribution >= 0.6 is 0 Å². The van der Waals surface area contributed by atoms with Gasteiger partial charge in [-0.15, -0.1) is 0 Å². The fourth-order valence-corrected chi connectivity index (χ4v) is 3.31. The average molecular weight is 384 g/mol. The van der Waals surface area contributed by atoms with Crippen LogP contribution < -0.4 is 0 Å². The Morgan fingerprint density at radius 3 is 2.24 bits per heavy atom. The van der Waals surface area contributed by atoms with Crippen molar-refractivity contribution in [1.82, 2.24) is 9.97 Å². The van der Waals surface area contributed by atoms with Gasteiger partial charge in [-0.2, -0.15) is 0 Å². The van der Waals surface area contributed by atoms with Crippen molar-refractivity contribution in [3.63, 3.8) is 0 Å². The van der Waals surface area contributed by atoms with Crippen LogP contribution in [0.25, 0.3) is 22.4 Å². The highest BCUT2D eigenvalue weighted by molar-refractivity contribution is 6.33. The van der Waals surface area contributed by atoms with Crippen LogP contribution in [-0.4, -0.2) is 26.0 Å². The van der Waals surface area contributed by atoms with Crippen LogP contribution in [0.1, 0.15) is 32.9 Å². The number of phenolic OH excluding ortho intramolecular Hbond substituents is 1. The Kier molecular flexibility index (Phi) is 4.64. The zero-order chi connectivity index (χ0) is 20.5. The molecule has 0 spiro atoms. The molecule has 0 amide bonds. The summed E-state index contributed by atoms with van der Waals surface area (Å²) in [6.45, 7) is 3.83. The van der Waals surface area contributed by atoms with E-state index in [0.29, 0.717) is 22.2 Å². The van der Waals surface area contributed by atoms with Gasteiger partial charge in [-0.05, 0) is 38.1 Å². The van der Waals surface area contributed by atoms with Crippen LogP contribution in [0.15, 0.2) is 66.7 Å². The van der Waals surface area contributed by atoms with E-state index in [1.807, 2.05) is 38.1 Å². The molecule has 1 heterocycles. The van der Waals surface area contributed by atoms with Crippen molar-refractivity contribution < 1.29 is 15.0 Å². The van der Waals surface area contributed by atoms with Gasteiger partial charge in [-0.25, -0.2) is 4.98 Å². The summed E-state index contributed by atoms with van der Waals surface area (Å²) in [6, 6.07) is 19.2. The Hall–Kier alpha value is -3.86. The predicted octanol–water partition coefficient (Wildman–Crippen LogP) is 5.19. The fraction of sp³-hybridized carbons (Fsp3) is 0.0833. The van der Waals surface area contributed by atoms with Gasteiger partial charge in [-0.1, -0.05) is 47.5 Å². The number of phenols is 1. The number of carbonyl (C=O) groups is 1. The normalized spacial score (nSPS) is 12.1. The van der Waals surface area contributed by atoms with Crippen LogP contribution in [0.2, 0.25) is 0 Å². The van der Waals surface area contributed by atoms with E-state index < -0.39 is 0 Å². The molecular formula is C24H20N2O3. The standard InChI is InChI=1S/C24H20N2O3/c1-14-5-3-7-16(11-14)22(28)21(23(29)17-8-4-6-15(2)12-17)24-25-19-10-9-18(27)13-20(19)26-24/h3-13,27-28H,1-2H3,(H,25,26)/b22-21+. The van der Waals surface area contributed by atoms with Crippen LogP contribution in [0, 0.1) is 13.8 Å². The number of aromatic nitrogens is 2. The minimum atomic E-state index is -0.337. The molecule has 1 aromatic heterocycles. The van der Waals surface area contributed by atoms with Crippen LogP contribution in [0.5, 0.6) is 5.75 Å². The number of hydrogen-bond acceptors (Lipinski definition) is 4. The topological polar surface area (TPSA) is 86.2 Å². The highest BCUT2D eigenvalue weighted by Gasteiger charge is 2.24. The maximum atomic E-state index is 13.4. The highest BCUT2D eigenvalue weighted by Crippen LogP contribution is 2.29. The quantitative estimate of drug-likeness (QED) is 0.257. The van der Waals surface area contributed by atoms with Crippen molar-refractivity contribution in [2.45, 2.75) is 13.8 Å². The van der Waals surface area contributed by atoms with Crippen molar-refractivity contribution >= 4 is 28.1 Å². The summed E-state index contributed by atoms with van der Waals surface area (Å²) in [6.07, 6.45) is 0. The molecule has 0 aliphatic carbocycles. The first-order valence-electron chi connectivity index (χ1n) is 9.23. The minimum Gasteiger partial charge on any atom is -0.508 e. The van der Waals surface area contributed by atoms with E-state index in [2.05, 4.69) is 9.97 Å². The number of H-pyrrole nitrogens is 1. The van der Waals surface area contributed by atoms with Gasteiger partial charge in [0.2, 0.25) is 5.78 Å². The van der Waals surface area contributed by atoms with Gasteiger partial charge in [-0.3, -0.25) is 4.79 Å². The Balaban J connectivity index is 1.95. The van der Waals surface area contributed by atoms with E-state index in [1.165, 1.54) is 12.1 Å². The molecule has 4 rings (SSSR count). The number of carbonyl (C=O) groups excluding carboxylic acids is 1. The molecule has 5 heteroatoms. The molecule has 29 heavy (non-hydrogen) atoms. The SMILES string of the molecule is Cc1cccc(C(=O)/C(=C(\O)c2cccc(C)c2)c2nc3ccc(O)cc3[nH]2)c1. The van der Waals surface area contributed by atoms with Crippen molar-refractivity contribution in [2.75, 3.05) is 0 Å². The molecule has 0 radical (unpaired) electrons. The van der Waals surface area contributed by atoms with Gasteiger partial charge in [0.25, 0.3) is 0 Å². The van der Waals surface area contributed by atoms with E-state index in [-0.39, 0.29) is 28.7 Å². The number of ketones is 1. The number of nitrogens with zero attached hydrogens (tertiary/aromatic N) is 1. The summed E-state index contributed by atoms with van der Waals surface area (Å²) in [5, 5.41) is 20.8. The first-order chi connectivity index (χ1) is 13.9. The monoisotopic (exact) mass is 384 g/mol. The molecule has 144 valence electrons. The van der Waals surface area contributed by atoms with E-state index in [0.717, 1.165) is 11.1 Å². The number of aliphatic hydroxyl groups is 1. The molecule has 0 aliphatic rings. The van der Waals surface area contributed by atoms with Crippen molar-refractivity contribution in [2.24, 2.45) is 0 Å². The Morgan fingerprint density at radius 2 is 1.55 bits per heavy atom. The first kappa shape index (κ1) is 18.5. The first-order valence-corrected chi connectivity index (χ1v) is 9.23. The predicted molar refractivity (Wildman–Crippen MR) is 114 cm³/mol. The van der Waals surface area contributed by atoms with Gasteiger partial charge in [0.05, 0.1) is 11.0 Å². The maximum Gasteiger partial charge on any atom is 0.200 e. The number of Topliss-reactive ketones (excluding diaryl/α,β-unsaturated/α-hetero) is 1. The molecule has 0 bridgehead atoms. The smallest absolute Gasteiger partial charge is 0.200 e. The number of rotatable bonds is 4. The number of fused-ring (bicyclic) bond motifs is 1. The van der Waals surface area contributed by atoms with Crippen LogP contribution in [0.3, 0.4) is 0 Å².